The minimum atomic E-state index is -2.16. The van der Waals surface area contributed by atoms with Crippen LogP contribution in [0.3, 0.4) is 0 Å². The molecule has 6 heteroatoms. The van der Waals surface area contributed by atoms with Crippen molar-refractivity contribution in [2.24, 2.45) is 0 Å². The molecule has 0 aromatic heterocycles. The minimum absolute atomic E-state index is 0.272. The van der Waals surface area contributed by atoms with Gasteiger partial charge in [0.2, 0.25) is 0 Å². The van der Waals surface area contributed by atoms with Crippen LogP contribution in [-0.4, -0.2) is 20.4 Å². The summed E-state index contributed by atoms with van der Waals surface area (Å²) in [6.45, 7) is 0. The smallest absolute Gasteiger partial charge is 0.338 e. The standard InChI is InChI=1S/C8H8IO4P/c9-5-13-8(10)6-2-1-3-7(4-6)14(11)12/h1-4,11-12H,5H2. The SMILES string of the molecule is O=C(OCI)c1cccc(P(O)O)c1. The van der Waals surface area contributed by atoms with Crippen molar-refractivity contribution in [3.05, 3.63) is 29.8 Å². The normalized spacial score (nSPS) is 10.3. The van der Waals surface area contributed by atoms with E-state index in [4.69, 9.17) is 14.5 Å². The number of benzene rings is 1. The zero-order valence-electron chi connectivity index (χ0n) is 7.05. The highest BCUT2D eigenvalue weighted by molar-refractivity contribution is 14.1. The first-order chi connectivity index (χ1) is 6.65. The van der Waals surface area contributed by atoms with Gasteiger partial charge in [-0.05, 0) is 40.8 Å². The maximum Gasteiger partial charge on any atom is 0.338 e. The van der Waals surface area contributed by atoms with Crippen LogP contribution >= 0.6 is 31.0 Å². The fourth-order valence-corrected chi connectivity index (χ4v) is 1.65. The van der Waals surface area contributed by atoms with Gasteiger partial charge < -0.3 is 14.5 Å². The van der Waals surface area contributed by atoms with Crippen LogP contribution in [0.1, 0.15) is 10.4 Å². The summed E-state index contributed by atoms with van der Waals surface area (Å²) in [5.41, 5.74) is 0.328. The third kappa shape index (κ3) is 3.16. The summed E-state index contributed by atoms with van der Waals surface area (Å²) in [5, 5.41) is 0.336. The van der Waals surface area contributed by atoms with Gasteiger partial charge in [-0.2, -0.15) is 0 Å². The van der Waals surface area contributed by atoms with Crippen molar-refractivity contribution in [2.45, 2.75) is 0 Å². The van der Waals surface area contributed by atoms with Crippen LogP contribution in [0, 0.1) is 0 Å². The molecule has 14 heavy (non-hydrogen) atoms. The molecule has 0 aliphatic heterocycles. The third-order valence-corrected chi connectivity index (χ3v) is 2.55. The van der Waals surface area contributed by atoms with E-state index in [-0.39, 0.29) is 4.61 Å². The van der Waals surface area contributed by atoms with Crippen LogP contribution in [0.2, 0.25) is 0 Å². The third-order valence-electron chi connectivity index (χ3n) is 1.50. The minimum Gasteiger partial charge on any atom is -0.451 e. The van der Waals surface area contributed by atoms with Crippen molar-refractivity contribution in [2.75, 3.05) is 4.61 Å². The second kappa shape index (κ2) is 5.60. The Kier molecular flexibility index (Phi) is 4.74. The molecule has 76 valence electrons. The van der Waals surface area contributed by atoms with Crippen molar-refractivity contribution in [1.82, 2.24) is 0 Å². The van der Waals surface area contributed by atoms with E-state index in [0.29, 0.717) is 10.9 Å². The second-order valence-corrected chi connectivity index (χ2v) is 4.10. The first-order valence-corrected chi connectivity index (χ1v) is 6.43. The van der Waals surface area contributed by atoms with Gasteiger partial charge in [0.15, 0.2) is 8.38 Å². The molecule has 0 heterocycles. The summed E-state index contributed by atoms with van der Waals surface area (Å²) in [7, 11) is -2.16. The Bertz CT molecular complexity index is 329. The fourth-order valence-electron chi connectivity index (χ4n) is 0.890. The zero-order chi connectivity index (χ0) is 10.6. The van der Waals surface area contributed by atoms with Gasteiger partial charge in [-0.15, -0.1) is 0 Å². The summed E-state index contributed by atoms with van der Waals surface area (Å²) < 4.78 is 5.03. The molecule has 0 fully saturated rings. The van der Waals surface area contributed by atoms with E-state index >= 15 is 0 Å². The lowest BCUT2D eigenvalue weighted by atomic mass is 10.2. The average Bonchev–Trinajstić information content (AvgIpc) is 2.18. The Morgan fingerprint density at radius 3 is 2.79 bits per heavy atom. The molecule has 4 nitrogen and oxygen atoms in total. The molecular weight excluding hydrogens is 318 g/mol. The molecule has 1 aromatic rings. The van der Waals surface area contributed by atoms with Crippen LogP contribution in [0.15, 0.2) is 24.3 Å². The van der Waals surface area contributed by atoms with Crippen molar-refractivity contribution in [3.63, 3.8) is 0 Å². The molecule has 0 radical (unpaired) electrons. The van der Waals surface area contributed by atoms with Crippen LogP contribution < -0.4 is 5.30 Å². The highest BCUT2D eigenvalue weighted by atomic mass is 127. The summed E-state index contributed by atoms with van der Waals surface area (Å²) >= 11 is 1.91. The molecule has 0 atom stereocenters. The maximum atomic E-state index is 11.2. The van der Waals surface area contributed by atoms with E-state index in [9.17, 15) is 4.79 Å². The molecule has 1 aromatic carbocycles. The maximum absolute atomic E-state index is 11.2. The Labute approximate surface area is 96.0 Å². The second-order valence-electron chi connectivity index (χ2n) is 2.38. The first-order valence-electron chi connectivity index (χ1n) is 3.66. The largest absolute Gasteiger partial charge is 0.451 e. The summed E-state index contributed by atoms with van der Waals surface area (Å²) in [4.78, 5) is 29.1. The number of hydrogen-bond acceptors (Lipinski definition) is 4. The number of ether oxygens (including phenoxy) is 1. The molecule has 0 unspecified atom stereocenters. The molecule has 0 amide bonds. The molecule has 0 saturated carbocycles. The van der Waals surface area contributed by atoms with Crippen LogP contribution in [0.25, 0.3) is 0 Å². The molecule has 1 rings (SSSR count). The number of carbonyl (C=O) groups is 1. The van der Waals surface area contributed by atoms with Crippen molar-refractivity contribution in [3.8, 4) is 0 Å². The van der Waals surface area contributed by atoms with Crippen molar-refractivity contribution in [1.29, 1.82) is 0 Å². The average molecular weight is 326 g/mol. The summed E-state index contributed by atoms with van der Waals surface area (Å²) in [5.74, 6) is -0.460. The summed E-state index contributed by atoms with van der Waals surface area (Å²) in [6.07, 6.45) is 0. The lowest BCUT2D eigenvalue weighted by Gasteiger charge is -2.04. The van der Waals surface area contributed by atoms with Crippen molar-refractivity contribution >= 4 is 42.2 Å². The van der Waals surface area contributed by atoms with Gasteiger partial charge in [-0.25, -0.2) is 4.79 Å². The zero-order valence-corrected chi connectivity index (χ0v) is 10.1. The number of hydrogen-bond donors (Lipinski definition) is 2. The van der Waals surface area contributed by atoms with E-state index in [1.807, 2.05) is 22.6 Å². The van der Waals surface area contributed by atoms with Gasteiger partial charge in [0.1, 0.15) is 4.61 Å². The Hall–Kier alpha value is -0.230. The monoisotopic (exact) mass is 326 g/mol. The predicted molar refractivity (Wildman–Crippen MR) is 61.7 cm³/mol. The van der Waals surface area contributed by atoms with Crippen LogP contribution in [-0.2, 0) is 4.74 Å². The van der Waals surface area contributed by atoms with E-state index in [0.717, 1.165) is 0 Å². The number of alkyl halides is 1. The van der Waals surface area contributed by atoms with Gasteiger partial charge in [0.25, 0.3) is 0 Å². The van der Waals surface area contributed by atoms with E-state index < -0.39 is 14.3 Å². The van der Waals surface area contributed by atoms with E-state index in [2.05, 4.69) is 0 Å². The fraction of sp³-hybridized carbons (Fsp3) is 0.125. The highest BCUT2D eigenvalue weighted by Crippen LogP contribution is 2.22. The van der Waals surface area contributed by atoms with E-state index in [1.165, 1.54) is 6.07 Å². The van der Waals surface area contributed by atoms with Gasteiger partial charge in [-0.3, -0.25) is 0 Å². The van der Waals surface area contributed by atoms with Gasteiger partial charge in [0.05, 0.1) is 5.56 Å². The number of carbonyl (C=O) groups excluding carboxylic acids is 1. The van der Waals surface area contributed by atoms with Crippen molar-refractivity contribution < 1.29 is 19.3 Å². The van der Waals surface area contributed by atoms with Gasteiger partial charge in [-0.1, -0.05) is 6.07 Å². The predicted octanol–water partition coefficient (Wildman–Crippen LogP) is 1.16. The quantitative estimate of drug-likeness (QED) is 0.379. The van der Waals surface area contributed by atoms with Crippen LogP contribution in [0.4, 0.5) is 0 Å². The lowest BCUT2D eigenvalue weighted by molar-refractivity contribution is 0.0590. The number of rotatable bonds is 3. The Balaban J connectivity index is 2.88. The van der Waals surface area contributed by atoms with Crippen LogP contribution in [0.5, 0.6) is 0 Å². The van der Waals surface area contributed by atoms with E-state index in [1.54, 1.807) is 18.2 Å². The molecule has 0 aliphatic rings. The molecule has 2 N–H and O–H groups in total. The lowest BCUT2D eigenvalue weighted by Crippen LogP contribution is -2.08. The topological polar surface area (TPSA) is 66.8 Å². The Morgan fingerprint density at radius 1 is 1.50 bits per heavy atom. The molecule has 0 spiro atoms. The molecule has 0 aliphatic carbocycles. The summed E-state index contributed by atoms with van der Waals surface area (Å²) in [6, 6.07) is 6.12. The first kappa shape index (κ1) is 11.8. The highest BCUT2D eigenvalue weighted by Gasteiger charge is 2.10. The van der Waals surface area contributed by atoms with Gasteiger partial charge >= 0.3 is 5.97 Å². The number of halogens is 1. The number of esters is 1. The molecule has 0 bridgehead atoms. The van der Waals surface area contributed by atoms with Gasteiger partial charge in [0, 0.05) is 5.30 Å². The molecule has 0 saturated heterocycles. The molecular formula is C8H8IO4P. The Morgan fingerprint density at radius 2 is 2.21 bits per heavy atom.